The van der Waals surface area contributed by atoms with Gasteiger partial charge >= 0.3 is 6.01 Å². The lowest BCUT2D eigenvalue weighted by atomic mass is 10.0. The minimum atomic E-state index is -0.205. The van der Waals surface area contributed by atoms with Gasteiger partial charge in [-0.1, -0.05) is 5.10 Å². The van der Waals surface area contributed by atoms with E-state index >= 15 is 0 Å². The summed E-state index contributed by atoms with van der Waals surface area (Å²) in [6, 6.07) is 5.80. The third-order valence-electron chi connectivity index (χ3n) is 3.65. The Labute approximate surface area is 128 Å². The summed E-state index contributed by atoms with van der Waals surface area (Å²) in [5.74, 6) is 1.42. The molecule has 7 heteroatoms. The van der Waals surface area contributed by atoms with E-state index in [0.29, 0.717) is 37.0 Å². The number of anilines is 1. The van der Waals surface area contributed by atoms with Gasteiger partial charge in [-0.2, -0.15) is 0 Å². The Morgan fingerprint density at radius 1 is 1.41 bits per heavy atom. The highest BCUT2D eigenvalue weighted by Crippen LogP contribution is 2.29. The van der Waals surface area contributed by atoms with Gasteiger partial charge in [-0.15, -0.1) is 5.10 Å². The summed E-state index contributed by atoms with van der Waals surface area (Å²) in [7, 11) is 0. The van der Waals surface area contributed by atoms with Crippen LogP contribution in [0.25, 0.3) is 0 Å². The second-order valence-corrected chi connectivity index (χ2v) is 5.34. The predicted molar refractivity (Wildman–Crippen MR) is 81.8 cm³/mol. The minimum absolute atomic E-state index is 0.0495. The Morgan fingerprint density at radius 2 is 2.23 bits per heavy atom. The highest BCUT2D eigenvalue weighted by molar-refractivity contribution is 5.94. The van der Waals surface area contributed by atoms with Crippen molar-refractivity contribution in [2.75, 3.05) is 5.32 Å². The standard InChI is InChI=1S/C15H19N5O2/c1-3-20-14(9(2)16)18-19-15(20)22-11-5-6-12-10(8-11)4-7-13(21)17-12/h5-6,8-9H,3-4,7,16H2,1-2H3,(H,17,21)/t9-/m1/s1. The molecule has 22 heavy (non-hydrogen) atoms. The summed E-state index contributed by atoms with van der Waals surface area (Å²) < 4.78 is 7.70. The zero-order chi connectivity index (χ0) is 15.7. The maximum atomic E-state index is 11.4. The molecule has 1 aliphatic rings. The van der Waals surface area contributed by atoms with Gasteiger partial charge < -0.3 is 15.8 Å². The molecule has 1 aliphatic heterocycles. The number of aryl methyl sites for hydroxylation is 1. The molecular formula is C15H19N5O2. The molecule has 3 rings (SSSR count). The smallest absolute Gasteiger partial charge is 0.322 e. The van der Waals surface area contributed by atoms with Gasteiger partial charge in [0.25, 0.3) is 0 Å². The number of fused-ring (bicyclic) bond motifs is 1. The Bertz CT molecular complexity index is 708. The average Bonchev–Trinajstić information content (AvgIpc) is 2.90. The van der Waals surface area contributed by atoms with Crippen molar-refractivity contribution in [3.05, 3.63) is 29.6 Å². The molecule has 0 saturated carbocycles. The molecule has 0 unspecified atom stereocenters. The molecule has 0 spiro atoms. The van der Waals surface area contributed by atoms with E-state index in [0.717, 1.165) is 11.3 Å². The van der Waals surface area contributed by atoms with Crippen molar-refractivity contribution in [2.45, 2.75) is 39.3 Å². The van der Waals surface area contributed by atoms with Crippen LogP contribution in [0.3, 0.4) is 0 Å². The summed E-state index contributed by atoms with van der Waals surface area (Å²) in [6.45, 7) is 4.53. The maximum Gasteiger partial charge on any atom is 0.322 e. The topological polar surface area (TPSA) is 95.1 Å². The molecule has 116 valence electrons. The van der Waals surface area contributed by atoms with Crippen LogP contribution in [0.15, 0.2) is 18.2 Å². The van der Waals surface area contributed by atoms with E-state index in [2.05, 4.69) is 15.5 Å². The van der Waals surface area contributed by atoms with E-state index < -0.39 is 0 Å². The van der Waals surface area contributed by atoms with Crippen LogP contribution in [0, 0.1) is 0 Å². The lowest BCUT2D eigenvalue weighted by Gasteiger charge is -2.17. The summed E-state index contributed by atoms with van der Waals surface area (Å²) in [5.41, 5.74) is 7.79. The summed E-state index contributed by atoms with van der Waals surface area (Å²) in [4.78, 5) is 11.4. The van der Waals surface area contributed by atoms with E-state index in [4.69, 9.17) is 10.5 Å². The Kier molecular flexibility index (Phi) is 3.81. The van der Waals surface area contributed by atoms with Crippen molar-refractivity contribution in [3.8, 4) is 11.8 Å². The third-order valence-corrected chi connectivity index (χ3v) is 3.65. The van der Waals surface area contributed by atoms with Gasteiger partial charge in [0.15, 0.2) is 5.82 Å². The number of rotatable bonds is 4. The number of aromatic nitrogens is 3. The number of nitrogens with one attached hydrogen (secondary N) is 1. The molecule has 0 fully saturated rings. The number of ether oxygens (including phenoxy) is 1. The molecule has 1 aromatic heterocycles. The number of nitrogens with two attached hydrogens (primary N) is 1. The first-order chi connectivity index (χ1) is 10.6. The second-order valence-electron chi connectivity index (χ2n) is 5.34. The fourth-order valence-corrected chi connectivity index (χ4v) is 2.54. The lowest BCUT2D eigenvalue weighted by Crippen LogP contribution is -2.18. The van der Waals surface area contributed by atoms with Crippen molar-refractivity contribution in [2.24, 2.45) is 5.73 Å². The fraction of sp³-hybridized carbons (Fsp3) is 0.400. The number of carbonyl (C=O) groups excluding carboxylic acids is 1. The SMILES string of the molecule is CCn1c(Oc2ccc3c(c2)CCC(=O)N3)nnc1[C@@H](C)N. The number of nitrogens with zero attached hydrogens (tertiary/aromatic N) is 3. The summed E-state index contributed by atoms with van der Waals surface area (Å²) in [5, 5.41) is 11.0. The second kappa shape index (κ2) is 5.76. The molecule has 1 amide bonds. The van der Waals surface area contributed by atoms with Crippen LogP contribution in [0.2, 0.25) is 0 Å². The molecular weight excluding hydrogens is 282 g/mol. The van der Waals surface area contributed by atoms with E-state index in [9.17, 15) is 4.79 Å². The summed E-state index contributed by atoms with van der Waals surface area (Å²) in [6.07, 6.45) is 1.21. The highest BCUT2D eigenvalue weighted by atomic mass is 16.5. The number of hydrogen-bond donors (Lipinski definition) is 2. The summed E-state index contributed by atoms with van der Waals surface area (Å²) >= 11 is 0. The predicted octanol–water partition coefficient (Wildman–Crippen LogP) is 1.99. The molecule has 0 aliphatic carbocycles. The minimum Gasteiger partial charge on any atom is -0.424 e. The molecule has 2 heterocycles. The molecule has 1 atom stereocenters. The number of benzene rings is 1. The normalized spacial score (nSPS) is 15.1. The molecule has 3 N–H and O–H groups in total. The first-order valence-corrected chi connectivity index (χ1v) is 7.37. The Hall–Kier alpha value is -2.41. The highest BCUT2D eigenvalue weighted by Gasteiger charge is 2.18. The number of amides is 1. The quantitative estimate of drug-likeness (QED) is 0.900. The lowest BCUT2D eigenvalue weighted by molar-refractivity contribution is -0.116. The zero-order valence-electron chi connectivity index (χ0n) is 12.7. The molecule has 2 aromatic rings. The van der Waals surface area contributed by atoms with E-state index in [1.54, 1.807) is 0 Å². The molecule has 0 bridgehead atoms. The zero-order valence-corrected chi connectivity index (χ0v) is 12.7. The van der Waals surface area contributed by atoms with Crippen molar-refractivity contribution >= 4 is 11.6 Å². The first kappa shape index (κ1) is 14.5. The molecule has 1 aromatic carbocycles. The van der Waals surface area contributed by atoms with Crippen LogP contribution in [0.5, 0.6) is 11.8 Å². The van der Waals surface area contributed by atoms with Crippen LogP contribution >= 0.6 is 0 Å². The molecule has 7 nitrogen and oxygen atoms in total. The van der Waals surface area contributed by atoms with Gasteiger partial charge in [0, 0.05) is 18.7 Å². The Balaban J connectivity index is 1.86. The van der Waals surface area contributed by atoms with Gasteiger partial charge in [-0.3, -0.25) is 9.36 Å². The molecule has 0 saturated heterocycles. The van der Waals surface area contributed by atoms with Crippen LogP contribution in [0.1, 0.15) is 37.7 Å². The monoisotopic (exact) mass is 301 g/mol. The molecule has 0 radical (unpaired) electrons. The largest absolute Gasteiger partial charge is 0.424 e. The van der Waals surface area contributed by atoms with Crippen LogP contribution in [-0.2, 0) is 17.8 Å². The Morgan fingerprint density at radius 3 is 2.95 bits per heavy atom. The maximum absolute atomic E-state index is 11.4. The van der Waals surface area contributed by atoms with Gasteiger partial charge in [0.1, 0.15) is 5.75 Å². The average molecular weight is 301 g/mol. The van der Waals surface area contributed by atoms with Crippen molar-refractivity contribution in [1.82, 2.24) is 14.8 Å². The van der Waals surface area contributed by atoms with Gasteiger partial charge in [-0.25, -0.2) is 0 Å². The number of carbonyl (C=O) groups is 1. The van der Waals surface area contributed by atoms with Gasteiger partial charge in [0.2, 0.25) is 5.91 Å². The van der Waals surface area contributed by atoms with Crippen molar-refractivity contribution < 1.29 is 9.53 Å². The number of hydrogen-bond acceptors (Lipinski definition) is 5. The van der Waals surface area contributed by atoms with Crippen molar-refractivity contribution in [1.29, 1.82) is 0 Å². The van der Waals surface area contributed by atoms with Crippen LogP contribution < -0.4 is 15.8 Å². The van der Waals surface area contributed by atoms with Crippen molar-refractivity contribution in [3.63, 3.8) is 0 Å². The van der Waals surface area contributed by atoms with Gasteiger partial charge in [-0.05, 0) is 44.0 Å². The van der Waals surface area contributed by atoms with Crippen LogP contribution in [-0.4, -0.2) is 20.7 Å². The fourth-order valence-electron chi connectivity index (χ4n) is 2.54. The third kappa shape index (κ3) is 2.67. The van der Waals surface area contributed by atoms with E-state index in [1.165, 1.54) is 0 Å². The van der Waals surface area contributed by atoms with E-state index in [-0.39, 0.29) is 11.9 Å². The van der Waals surface area contributed by atoms with E-state index in [1.807, 2.05) is 36.6 Å². The van der Waals surface area contributed by atoms with Crippen LogP contribution in [0.4, 0.5) is 5.69 Å². The van der Waals surface area contributed by atoms with Gasteiger partial charge in [0.05, 0.1) is 6.04 Å². The first-order valence-electron chi connectivity index (χ1n) is 7.37.